The maximum Gasteiger partial charge on any atom is 0.213 e. The maximum atomic E-state index is 6.01. The lowest BCUT2D eigenvalue weighted by Crippen LogP contribution is -2.43. The Kier molecular flexibility index (Phi) is 4.61. The molecule has 0 fully saturated rings. The van der Waals surface area contributed by atoms with Crippen molar-refractivity contribution in [3.8, 4) is 5.88 Å². The Morgan fingerprint density at radius 1 is 1.11 bits per heavy atom. The Morgan fingerprint density at radius 2 is 1.84 bits per heavy atom. The third-order valence-electron chi connectivity index (χ3n) is 3.08. The Hall–Kier alpha value is -1.32. The highest BCUT2D eigenvalue weighted by molar-refractivity contribution is 6.94. The lowest BCUT2D eigenvalue weighted by atomic mass is 10.2. The van der Waals surface area contributed by atoms with Gasteiger partial charge in [-0.2, -0.15) is 0 Å². The monoisotopic (exact) mass is 291 g/mol. The number of aromatic nitrogens is 1. The highest BCUT2D eigenvalue weighted by atomic mass is 35.5. The van der Waals surface area contributed by atoms with E-state index in [1.807, 2.05) is 42.6 Å². The molecule has 2 aromatic rings. The number of rotatable bonds is 5. The number of nitrogens with zero attached hydrogens (tertiary/aromatic N) is 1. The van der Waals surface area contributed by atoms with E-state index in [1.54, 1.807) is 0 Å². The molecule has 0 amide bonds. The van der Waals surface area contributed by atoms with Crippen LogP contribution in [0, 0.1) is 0 Å². The van der Waals surface area contributed by atoms with E-state index in [4.69, 9.17) is 16.3 Å². The van der Waals surface area contributed by atoms with E-state index in [2.05, 4.69) is 24.1 Å². The molecule has 0 N–H and O–H groups in total. The van der Waals surface area contributed by atoms with E-state index in [9.17, 15) is 0 Å². The van der Waals surface area contributed by atoms with Crippen molar-refractivity contribution in [2.45, 2.75) is 19.7 Å². The summed E-state index contributed by atoms with van der Waals surface area (Å²) in [6.45, 7) is 5.02. The van der Waals surface area contributed by atoms with Crippen LogP contribution in [0.25, 0.3) is 0 Å². The summed E-state index contributed by atoms with van der Waals surface area (Å²) in [5, 5.41) is 1.26. The molecule has 100 valence electrons. The zero-order valence-electron chi connectivity index (χ0n) is 11.3. The number of benzene rings is 1. The van der Waals surface area contributed by atoms with Crippen molar-refractivity contribution >= 4 is 24.9 Å². The van der Waals surface area contributed by atoms with Crippen molar-refractivity contribution in [1.29, 1.82) is 0 Å². The highest BCUT2D eigenvalue weighted by Gasteiger charge is 2.22. The van der Waals surface area contributed by atoms with Gasteiger partial charge >= 0.3 is 0 Å². The first-order valence-corrected chi connectivity index (χ1v) is 10.1. The highest BCUT2D eigenvalue weighted by Crippen LogP contribution is 2.10. The summed E-state index contributed by atoms with van der Waals surface area (Å²) in [7, 11) is -1.52. The minimum Gasteiger partial charge on any atom is -0.473 e. The molecule has 2 nitrogen and oxygen atoms in total. The first kappa shape index (κ1) is 14.1. The van der Waals surface area contributed by atoms with Gasteiger partial charge in [0, 0.05) is 17.8 Å². The Labute approximate surface area is 120 Å². The van der Waals surface area contributed by atoms with Gasteiger partial charge in [0.25, 0.3) is 0 Å². The molecule has 1 aromatic heterocycles. The summed E-state index contributed by atoms with van der Waals surface area (Å²) >= 11 is 6.01. The summed E-state index contributed by atoms with van der Waals surface area (Å²) in [6.07, 6.45) is 1.90. The summed E-state index contributed by atoms with van der Waals surface area (Å²) in [5.74, 6) is 0.659. The van der Waals surface area contributed by atoms with E-state index in [-0.39, 0.29) is 0 Å². The topological polar surface area (TPSA) is 22.1 Å². The van der Waals surface area contributed by atoms with Gasteiger partial charge in [-0.3, -0.25) is 0 Å². The molecular formula is C15H18ClNOSi. The molecule has 0 saturated heterocycles. The zero-order chi connectivity index (χ0) is 13.7. The van der Waals surface area contributed by atoms with Crippen molar-refractivity contribution in [2.24, 2.45) is 0 Å². The lowest BCUT2D eigenvalue weighted by molar-refractivity contribution is 0.294. The van der Waals surface area contributed by atoms with Gasteiger partial charge in [-0.25, -0.2) is 4.98 Å². The Balaban J connectivity index is 2.00. The van der Waals surface area contributed by atoms with Crippen LogP contribution in [0.5, 0.6) is 5.88 Å². The number of hydrogen-bond donors (Lipinski definition) is 0. The Morgan fingerprint density at radius 3 is 2.42 bits per heavy atom. The Bertz CT molecular complexity index is 513. The van der Waals surface area contributed by atoms with Crippen molar-refractivity contribution in [2.75, 3.05) is 5.50 Å². The van der Waals surface area contributed by atoms with Gasteiger partial charge in [0.05, 0.1) is 8.07 Å². The molecule has 0 bridgehead atoms. The molecule has 0 aliphatic heterocycles. The standard InChI is InChI=1S/C15H18ClNOSi/c1-19(2,12-16)14-8-9-15(17-10-14)18-11-13-6-4-3-5-7-13/h3-10H,11-12H2,1-2H3. The minimum absolute atomic E-state index is 0.545. The number of halogens is 1. The van der Waals surface area contributed by atoms with Crippen LogP contribution >= 0.6 is 11.6 Å². The van der Waals surface area contributed by atoms with Gasteiger partial charge in [0.15, 0.2) is 0 Å². The quantitative estimate of drug-likeness (QED) is 0.622. The van der Waals surface area contributed by atoms with Gasteiger partial charge in [-0.15, -0.1) is 11.6 Å². The van der Waals surface area contributed by atoms with E-state index in [0.29, 0.717) is 18.0 Å². The number of pyridine rings is 1. The first-order valence-electron chi connectivity index (χ1n) is 6.31. The molecule has 4 heteroatoms. The summed E-state index contributed by atoms with van der Waals surface area (Å²) in [4.78, 5) is 4.36. The minimum atomic E-state index is -1.52. The molecule has 0 spiro atoms. The molecule has 0 radical (unpaired) electrons. The second-order valence-electron chi connectivity index (χ2n) is 5.18. The molecule has 19 heavy (non-hydrogen) atoms. The maximum absolute atomic E-state index is 6.01. The van der Waals surface area contributed by atoms with Crippen molar-refractivity contribution in [1.82, 2.24) is 4.98 Å². The van der Waals surface area contributed by atoms with E-state index in [0.717, 1.165) is 5.56 Å². The van der Waals surface area contributed by atoms with Crippen molar-refractivity contribution in [3.63, 3.8) is 0 Å². The smallest absolute Gasteiger partial charge is 0.213 e. The van der Waals surface area contributed by atoms with Crippen LogP contribution in [0.2, 0.25) is 13.1 Å². The van der Waals surface area contributed by atoms with Crippen LogP contribution in [0.3, 0.4) is 0 Å². The molecule has 1 aromatic carbocycles. The van der Waals surface area contributed by atoms with Crippen molar-refractivity contribution in [3.05, 3.63) is 54.2 Å². The fourth-order valence-corrected chi connectivity index (χ4v) is 3.24. The molecule has 2 rings (SSSR count). The van der Waals surface area contributed by atoms with Crippen molar-refractivity contribution < 1.29 is 4.74 Å². The molecule has 0 atom stereocenters. The fraction of sp³-hybridized carbons (Fsp3) is 0.267. The fourth-order valence-electron chi connectivity index (χ4n) is 1.67. The van der Waals surface area contributed by atoms with Gasteiger partial charge in [-0.05, 0) is 10.8 Å². The zero-order valence-corrected chi connectivity index (χ0v) is 13.0. The predicted octanol–water partition coefficient (Wildman–Crippen LogP) is 3.35. The SMILES string of the molecule is C[Si](C)(CCl)c1ccc(OCc2ccccc2)nc1. The number of alkyl halides is 1. The average Bonchev–Trinajstić information content (AvgIpc) is 2.47. The van der Waals surface area contributed by atoms with Crippen LogP contribution in [-0.4, -0.2) is 18.6 Å². The molecular weight excluding hydrogens is 274 g/mol. The second-order valence-corrected chi connectivity index (χ2v) is 10.6. The van der Waals surface area contributed by atoms with Gasteiger partial charge in [0.2, 0.25) is 5.88 Å². The number of ether oxygens (including phenoxy) is 1. The molecule has 0 unspecified atom stereocenters. The number of hydrogen-bond acceptors (Lipinski definition) is 2. The third kappa shape index (κ3) is 3.82. The van der Waals surface area contributed by atoms with Gasteiger partial charge in [0.1, 0.15) is 6.61 Å². The summed E-state index contributed by atoms with van der Waals surface area (Å²) < 4.78 is 5.66. The van der Waals surface area contributed by atoms with Crippen LogP contribution in [-0.2, 0) is 6.61 Å². The summed E-state index contributed by atoms with van der Waals surface area (Å²) in [5.41, 5.74) is 1.85. The van der Waals surface area contributed by atoms with E-state index in [1.165, 1.54) is 5.19 Å². The molecule has 0 saturated carbocycles. The predicted molar refractivity (Wildman–Crippen MR) is 82.8 cm³/mol. The third-order valence-corrected chi connectivity index (χ3v) is 7.61. The second kappa shape index (κ2) is 6.22. The van der Waals surface area contributed by atoms with Gasteiger partial charge in [-0.1, -0.05) is 49.5 Å². The van der Waals surface area contributed by atoms with Crippen LogP contribution in [0.1, 0.15) is 5.56 Å². The molecule has 0 aliphatic rings. The normalized spacial score (nSPS) is 11.3. The molecule has 0 aliphatic carbocycles. The van der Waals surface area contributed by atoms with E-state index >= 15 is 0 Å². The molecule has 1 heterocycles. The average molecular weight is 292 g/mol. The summed E-state index contributed by atoms with van der Waals surface area (Å²) in [6, 6.07) is 14.1. The van der Waals surface area contributed by atoms with E-state index < -0.39 is 8.07 Å². The van der Waals surface area contributed by atoms with Gasteiger partial charge < -0.3 is 4.74 Å². The lowest BCUT2D eigenvalue weighted by Gasteiger charge is -2.19. The largest absolute Gasteiger partial charge is 0.473 e. The van der Waals surface area contributed by atoms with Crippen LogP contribution in [0.15, 0.2) is 48.7 Å². The van der Waals surface area contributed by atoms with Crippen LogP contribution < -0.4 is 9.92 Å². The van der Waals surface area contributed by atoms with Crippen LogP contribution in [0.4, 0.5) is 0 Å². The first-order chi connectivity index (χ1) is 9.12.